The molecule has 5 rings (SSSR count). The van der Waals surface area contributed by atoms with Gasteiger partial charge in [-0.15, -0.1) is 0 Å². The van der Waals surface area contributed by atoms with Gasteiger partial charge in [0.25, 0.3) is 0 Å². The van der Waals surface area contributed by atoms with Crippen LogP contribution in [0.25, 0.3) is 11.0 Å². The van der Waals surface area contributed by atoms with Crippen LogP contribution in [0, 0.1) is 0 Å². The Balaban J connectivity index is 1.54. The summed E-state index contributed by atoms with van der Waals surface area (Å²) < 4.78 is 11.9. The molecule has 31 heavy (non-hydrogen) atoms. The molecule has 2 saturated heterocycles. The smallest absolute Gasteiger partial charge is 0.228 e. The number of rotatable bonds is 5. The van der Waals surface area contributed by atoms with Crippen molar-refractivity contribution in [1.82, 2.24) is 30.2 Å². The van der Waals surface area contributed by atoms with Gasteiger partial charge in [-0.05, 0) is 11.6 Å². The molecule has 0 bridgehead atoms. The van der Waals surface area contributed by atoms with Crippen LogP contribution in [0.3, 0.4) is 0 Å². The van der Waals surface area contributed by atoms with Crippen LogP contribution in [0.1, 0.15) is 5.56 Å². The summed E-state index contributed by atoms with van der Waals surface area (Å²) in [7, 11) is 0. The number of aromatic nitrogens is 5. The van der Waals surface area contributed by atoms with E-state index in [0.29, 0.717) is 48.4 Å². The van der Waals surface area contributed by atoms with Gasteiger partial charge in [-0.25, -0.2) is 15.0 Å². The van der Waals surface area contributed by atoms with E-state index >= 15 is 0 Å². The van der Waals surface area contributed by atoms with E-state index in [1.54, 1.807) is 12.5 Å². The first kappa shape index (κ1) is 20.2. The highest BCUT2D eigenvalue weighted by Gasteiger charge is 2.26. The van der Waals surface area contributed by atoms with E-state index in [4.69, 9.17) is 9.97 Å². The summed E-state index contributed by atoms with van der Waals surface area (Å²) in [5.41, 5.74) is 2.48. The maximum atomic E-state index is 11.9. The highest BCUT2D eigenvalue weighted by molar-refractivity contribution is 7.91. The Morgan fingerprint density at radius 3 is 2.65 bits per heavy atom. The Hall–Kier alpha value is -2.76. The Morgan fingerprint density at radius 2 is 1.87 bits per heavy atom. The van der Waals surface area contributed by atoms with Crippen molar-refractivity contribution in [3.63, 3.8) is 0 Å². The molecule has 0 amide bonds. The fraction of sp³-hybridized carbons (Fsp3) is 0.450. The number of nitrogens with one attached hydrogen (secondary N) is 2. The molecule has 3 aromatic rings. The molecular formula is C20H25N9OS. The van der Waals surface area contributed by atoms with E-state index in [-0.39, 0.29) is 0 Å². The number of hydrogen-bond acceptors (Lipinski definition) is 10. The molecule has 0 radical (unpaired) electrons. The van der Waals surface area contributed by atoms with Crippen molar-refractivity contribution in [3.8, 4) is 0 Å². The standard InChI is InChI=1S/C20H25N9OS/c30-31-10-8-28(9-11-31)19-17-16(26-20(27-19)29-6-4-21-5-7-29)18(25-14-24-17)23-13-15-2-1-3-22-12-15/h1-3,12,14,21H,4-11,13H2,(H,23,24,25). The van der Waals surface area contributed by atoms with Crippen LogP contribution < -0.4 is 20.4 Å². The molecule has 0 aliphatic carbocycles. The Morgan fingerprint density at radius 1 is 1.03 bits per heavy atom. The monoisotopic (exact) mass is 439 g/mol. The predicted molar refractivity (Wildman–Crippen MR) is 122 cm³/mol. The zero-order chi connectivity index (χ0) is 21.0. The molecule has 0 aromatic carbocycles. The van der Waals surface area contributed by atoms with Crippen LogP contribution in [0.4, 0.5) is 17.6 Å². The molecule has 162 valence electrons. The summed E-state index contributed by atoms with van der Waals surface area (Å²) in [6.07, 6.45) is 5.14. The third-order valence-corrected chi connectivity index (χ3v) is 6.79. The number of nitrogens with zero attached hydrogens (tertiary/aromatic N) is 7. The molecule has 11 heteroatoms. The molecule has 5 heterocycles. The van der Waals surface area contributed by atoms with E-state index in [0.717, 1.165) is 43.1 Å². The highest BCUT2D eigenvalue weighted by atomic mass is 32.2. The van der Waals surface area contributed by atoms with E-state index in [1.807, 2.05) is 18.3 Å². The largest absolute Gasteiger partial charge is 0.616 e. The molecule has 3 aromatic heterocycles. The van der Waals surface area contributed by atoms with Gasteiger partial charge < -0.3 is 25.0 Å². The molecule has 10 nitrogen and oxygen atoms in total. The van der Waals surface area contributed by atoms with Gasteiger partial charge in [0.2, 0.25) is 5.95 Å². The first-order chi connectivity index (χ1) is 15.3. The number of anilines is 3. The van der Waals surface area contributed by atoms with Crippen LogP contribution in [-0.4, -0.2) is 80.2 Å². The first-order valence-electron chi connectivity index (χ1n) is 10.5. The van der Waals surface area contributed by atoms with Crippen LogP contribution in [-0.2, 0) is 17.7 Å². The molecule has 0 atom stereocenters. The quantitative estimate of drug-likeness (QED) is 0.541. The van der Waals surface area contributed by atoms with Gasteiger partial charge in [-0.2, -0.15) is 4.98 Å². The highest BCUT2D eigenvalue weighted by Crippen LogP contribution is 2.29. The Labute approximate surface area is 183 Å². The number of fused-ring (bicyclic) bond motifs is 1. The second kappa shape index (κ2) is 9.16. The molecular weight excluding hydrogens is 414 g/mol. The molecule has 2 N–H and O–H groups in total. The van der Waals surface area contributed by atoms with Crippen molar-refractivity contribution >= 4 is 39.8 Å². The minimum Gasteiger partial charge on any atom is -0.616 e. The van der Waals surface area contributed by atoms with Gasteiger partial charge >= 0.3 is 0 Å². The van der Waals surface area contributed by atoms with Gasteiger partial charge in [-0.1, -0.05) is 17.2 Å². The van der Waals surface area contributed by atoms with Crippen molar-refractivity contribution < 1.29 is 4.55 Å². The fourth-order valence-corrected chi connectivity index (χ4v) is 4.87. The van der Waals surface area contributed by atoms with E-state index in [2.05, 4.69) is 35.4 Å². The molecule has 0 spiro atoms. The maximum Gasteiger partial charge on any atom is 0.228 e. The average molecular weight is 440 g/mol. The van der Waals surface area contributed by atoms with Crippen molar-refractivity contribution in [2.75, 3.05) is 65.9 Å². The van der Waals surface area contributed by atoms with Crippen molar-refractivity contribution in [2.45, 2.75) is 6.54 Å². The van der Waals surface area contributed by atoms with Gasteiger partial charge in [0.15, 0.2) is 11.6 Å². The minimum atomic E-state index is -0.761. The van der Waals surface area contributed by atoms with Gasteiger partial charge in [0.05, 0.1) is 13.1 Å². The van der Waals surface area contributed by atoms with Crippen molar-refractivity contribution in [1.29, 1.82) is 0 Å². The fourth-order valence-electron chi connectivity index (χ4n) is 3.82. The summed E-state index contributed by atoms with van der Waals surface area (Å²) in [6.45, 7) is 5.48. The summed E-state index contributed by atoms with van der Waals surface area (Å²) in [4.78, 5) is 27.4. The third-order valence-electron chi connectivity index (χ3n) is 5.51. The Bertz CT molecular complexity index is 1020. The van der Waals surface area contributed by atoms with Gasteiger partial charge in [0.1, 0.15) is 28.9 Å². The molecule has 2 fully saturated rings. The summed E-state index contributed by atoms with van der Waals surface area (Å²) >= 11 is -0.761. The molecule has 2 aliphatic rings. The van der Waals surface area contributed by atoms with Crippen LogP contribution in [0.2, 0.25) is 0 Å². The maximum absolute atomic E-state index is 11.9. The molecule has 0 saturated carbocycles. The van der Waals surface area contributed by atoms with E-state index in [9.17, 15) is 4.55 Å². The summed E-state index contributed by atoms with van der Waals surface area (Å²) in [5.74, 6) is 3.45. The molecule has 2 aliphatic heterocycles. The lowest BCUT2D eigenvalue weighted by atomic mass is 10.3. The van der Waals surface area contributed by atoms with Crippen LogP contribution in [0.5, 0.6) is 0 Å². The zero-order valence-electron chi connectivity index (χ0n) is 17.2. The van der Waals surface area contributed by atoms with Crippen molar-refractivity contribution in [3.05, 3.63) is 36.4 Å². The third kappa shape index (κ3) is 4.48. The predicted octanol–water partition coefficient (Wildman–Crippen LogP) is 0.405. The lowest BCUT2D eigenvalue weighted by molar-refractivity contribution is 0.578. The first-order valence-corrected chi connectivity index (χ1v) is 12.0. The Kier molecular flexibility index (Phi) is 5.96. The second-order valence-electron chi connectivity index (χ2n) is 7.55. The number of piperazine rings is 1. The van der Waals surface area contributed by atoms with Crippen molar-refractivity contribution in [2.24, 2.45) is 0 Å². The van der Waals surface area contributed by atoms with Crippen LogP contribution in [0.15, 0.2) is 30.9 Å². The normalized spacial score (nSPS) is 17.8. The lowest BCUT2D eigenvalue weighted by Gasteiger charge is -2.32. The topological polar surface area (TPSA) is 118 Å². The average Bonchev–Trinajstić information content (AvgIpc) is 2.84. The van der Waals surface area contributed by atoms with Gasteiger partial charge in [0, 0.05) is 45.1 Å². The SMILES string of the molecule is [O-][S+]1CCN(c2nc(N3CCNCC3)nc3c(NCc4cccnc4)ncnc23)CC1. The summed E-state index contributed by atoms with van der Waals surface area (Å²) in [5, 5.41) is 6.76. The molecule has 0 unspecified atom stereocenters. The van der Waals surface area contributed by atoms with E-state index < -0.39 is 11.2 Å². The van der Waals surface area contributed by atoms with E-state index in [1.165, 1.54) is 0 Å². The zero-order valence-corrected chi connectivity index (χ0v) is 18.0. The number of pyridine rings is 1. The summed E-state index contributed by atoms with van der Waals surface area (Å²) in [6, 6.07) is 3.93. The lowest BCUT2D eigenvalue weighted by Crippen LogP contribution is -2.45. The minimum absolute atomic E-state index is 0.588. The second-order valence-corrected chi connectivity index (χ2v) is 9.25. The van der Waals surface area contributed by atoms with Gasteiger partial charge in [-0.3, -0.25) is 4.98 Å². The number of hydrogen-bond donors (Lipinski definition) is 2. The van der Waals surface area contributed by atoms with Crippen LogP contribution >= 0.6 is 0 Å².